The maximum atomic E-state index is 12.5. The summed E-state index contributed by atoms with van der Waals surface area (Å²) in [6.45, 7) is -0.0221. The number of hydrogen-bond donors (Lipinski definition) is 0. The molecule has 1 saturated heterocycles. The van der Waals surface area contributed by atoms with Crippen LogP contribution in [-0.4, -0.2) is 18.5 Å². The number of imide groups is 1. The smallest absolute Gasteiger partial charge is 0.284 e. The molecule has 2 aromatic carbocycles. The quantitative estimate of drug-likeness (QED) is 0.785. The fourth-order valence-corrected chi connectivity index (χ4v) is 2.59. The second-order valence-corrected chi connectivity index (χ2v) is 5.43. The van der Waals surface area contributed by atoms with E-state index in [0.29, 0.717) is 21.4 Å². The molecule has 0 aromatic heterocycles. The predicted octanol–water partition coefficient (Wildman–Crippen LogP) is 3.97. The van der Waals surface area contributed by atoms with Gasteiger partial charge in [0.25, 0.3) is 5.91 Å². The third kappa shape index (κ3) is 2.60. The van der Waals surface area contributed by atoms with Gasteiger partial charge in [-0.05, 0) is 36.4 Å². The predicted molar refractivity (Wildman–Crippen MR) is 83.1 cm³/mol. The number of carbonyl (C=O) groups excluding carboxylic acids is 2. The third-order valence-electron chi connectivity index (χ3n) is 3.15. The average Bonchev–Trinajstić information content (AvgIpc) is 2.74. The zero-order valence-corrected chi connectivity index (χ0v) is 12.3. The van der Waals surface area contributed by atoms with Crippen LogP contribution in [0.2, 0.25) is 10.0 Å². The average molecular weight is 321 g/mol. The molecule has 106 valence electrons. The highest BCUT2D eigenvalue weighted by molar-refractivity contribution is 6.32. The van der Waals surface area contributed by atoms with Gasteiger partial charge in [-0.15, -0.1) is 0 Å². The minimum atomic E-state index is -0.412. The van der Waals surface area contributed by atoms with E-state index in [1.54, 1.807) is 48.5 Å². The van der Waals surface area contributed by atoms with Gasteiger partial charge in [-0.25, -0.2) is 9.69 Å². The molecule has 21 heavy (non-hydrogen) atoms. The second kappa shape index (κ2) is 5.39. The van der Waals surface area contributed by atoms with Crippen molar-refractivity contribution in [2.45, 2.75) is 0 Å². The summed E-state index contributed by atoms with van der Waals surface area (Å²) in [6.07, 6.45) is 0. The molecule has 2 aromatic rings. The largest absolute Gasteiger partial charge is 0.336 e. The van der Waals surface area contributed by atoms with Crippen LogP contribution in [0.15, 0.2) is 48.5 Å². The summed E-state index contributed by atoms with van der Waals surface area (Å²) in [4.78, 5) is 27.1. The number of amides is 3. The summed E-state index contributed by atoms with van der Waals surface area (Å²) in [7, 11) is 0. The first-order chi connectivity index (χ1) is 10.1. The van der Waals surface area contributed by atoms with Crippen molar-refractivity contribution in [3.05, 3.63) is 58.6 Å². The monoisotopic (exact) mass is 320 g/mol. The number of halogens is 2. The van der Waals surface area contributed by atoms with Gasteiger partial charge in [0.2, 0.25) is 0 Å². The topological polar surface area (TPSA) is 40.6 Å². The Hall–Kier alpha value is -2.04. The Morgan fingerprint density at radius 2 is 1.43 bits per heavy atom. The number of carbonyl (C=O) groups is 2. The lowest BCUT2D eigenvalue weighted by Gasteiger charge is -2.17. The Kier molecular flexibility index (Phi) is 3.57. The van der Waals surface area contributed by atoms with Gasteiger partial charge in [-0.3, -0.25) is 9.69 Å². The van der Waals surface area contributed by atoms with Crippen molar-refractivity contribution in [3.63, 3.8) is 0 Å². The van der Waals surface area contributed by atoms with E-state index in [-0.39, 0.29) is 12.5 Å². The van der Waals surface area contributed by atoms with Crippen LogP contribution >= 0.6 is 23.2 Å². The van der Waals surface area contributed by atoms with Crippen molar-refractivity contribution in [1.82, 2.24) is 0 Å². The van der Waals surface area contributed by atoms with Crippen molar-refractivity contribution in [2.75, 3.05) is 16.3 Å². The third-order valence-corrected chi connectivity index (χ3v) is 3.62. The first-order valence-electron chi connectivity index (χ1n) is 6.22. The van der Waals surface area contributed by atoms with Crippen LogP contribution in [0, 0.1) is 0 Å². The number of benzene rings is 2. The minimum Gasteiger partial charge on any atom is -0.284 e. The molecule has 1 fully saturated rings. The molecule has 0 aliphatic carbocycles. The van der Waals surface area contributed by atoms with Crippen LogP contribution in [-0.2, 0) is 4.79 Å². The van der Waals surface area contributed by atoms with Gasteiger partial charge in [0.05, 0.1) is 5.69 Å². The Morgan fingerprint density at radius 1 is 0.857 bits per heavy atom. The van der Waals surface area contributed by atoms with Crippen molar-refractivity contribution in [3.8, 4) is 0 Å². The highest BCUT2D eigenvalue weighted by Gasteiger charge is 2.38. The van der Waals surface area contributed by atoms with Crippen molar-refractivity contribution < 1.29 is 9.59 Å². The molecular weight excluding hydrogens is 311 g/mol. The van der Waals surface area contributed by atoms with Gasteiger partial charge < -0.3 is 0 Å². The zero-order valence-electron chi connectivity index (χ0n) is 10.8. The molecular formula is C15H10Cl2N2O2. The summed E-state index contributed by atoms with van der Waals surface area (Å²) < 4.78 is 0. The molecule has 0 radical (unpaired) electrons. The van der Waals surface area contributed by atoms with E-state index in [4.69, 9.17) is 23.2 Å². The molecule has 4 nitrogen and oxygen atoms in total. The SMILES string of the molecule is O=C1CN(c2cccc(Cl)c2)C(=O)N1c1cccc(Cl)c1. The molecule has 1 heterocycles. The van der Waals surface area contributed by atoms with Crippen LogP contribution in [0.5, 0.6) is 0 Å². The maximum absolute atomic E-state index is 12.5. The van der Waals surface area contributed by atoms with Gasteiger partial charge in [0.1, 0.15) is 6.54 Å². The lowest BCUT2D eigenvalue weighted by Crippen LogP contribution is -2.32. The summed E-state index contributed by atoms with van der Waals surface area (Å²) in [5.41, 5.74) is 1.05. The molecule has 0 bridgehead atoms. The lowest BCUT2D eigenvalue weighted by atomic mass is 10.3. The molecule has 0 saturated carbocycles. The summed E-state index contributed by atoms with van der Waals surface area (Å²) in [5, 5.41) is 0.975. The fraction of sp³-hybridized carbons (Fsp3) is 0.0667. The minimum absolute atomic E-state index is 0.0221. The van der Waals surface area contributed by atoms with Gasteiger partial charge >= 0.3 is 6.03 Å². The summed E-state index contributed by atoms with van der Waals surface area (Å²) in [6, 6.07) is 13.0. The number of hydrogen-bond acceptors (Lipinski definition) is 2. The number of rotatable bonds is 2. The molecule has 3 rings (SSSR count). The molecule has 0 atom stereocenters. The molecule has 0 spiro atoms. The van der Waals surface area contributed by atoms with Crippen LogP contribution in [0.1, 0.15) is 0 Å². The summed E-state index contributed by atoms with van der Waals surface area (Å²) in [5.74, 6) is -0.303. The molecule has 6 heteroatoms. The Bertz CT molecular complexity index is 733. The highest BCUT2D eigenvalue weighted by Crippen LogP contribution is 2.28. The fourth-order valence-electron chi connectivity index (χ4n) is 2.22. The van der Waals surface area contributed by atoms with E-state index < -0.39 is 6.03 Å². The zero-order chi connectivity index (χ0) is 15.0. The number of anilines is 2. The van der Waals surface area contributed by atoms with E-state index in [2.05, 4.69) is 0 Å². The molecule has 1 aliphatic rings. The second-order valence-electron chi connectivity index (χ2n) is 4.56. The number of urea groups is 1. The van der Waals surface area contributed by atoms with E-state index in [1.807, 2.05) is 0 Å². The Balaban J connectivity index is 1.96. The Labute approximate surface area is 131 Å². The van der Waals surface area contributed by atoms with Crippen LogP contribution in [0.3, 0.4) is 0 Å². The van der Waals surface area contributed by atoms with Crippen LogP contribution < -0.4 is 9.80 Å². The van der Waals surface area contributed by atoms with E-state index >= 15 is 0 Å². The molecule has 0 N–H and O–H groups in total. The van der Waals surface area contributed by atoms with Crippen LogP contribution in [0.25, 0.3) is 0 Å². The van der Waals surface area contributed by atoms with Gasteiger partial charge in [0.15, 0.2) is 0 Å². The lowest BCUT2D eigenvalue weighted by molar-refractivity contribution is -0.115. The van der Waals surface area contributed by atoms with Gasteiger partial charge in [-0.1, -0.05) is 35.3 Å². The molecule has 3 amide bonds. The van der Waals surface area contributed by atoms with E-state index in [0.717, 1.165) is 4.90 Å². The van der Waals surface area contributed by atoms with Crippen molar-refractivity contribution in [1.29, 1.82) is 0 Å². The van der Waals surface area contributed by atoms with Crippen molar-refractivity contribution >= 4 is 46.5 Å². The van der Waals surface area contributed by atoms with Gasteiger partial charge in [0, 0.05) is 15.7 Å². The number of nitrogens with zero attached hydrogens (tertiary/aromatic N) is 2. The summed E-state index contributed by atoms with van der Waals surface area (Å²) >= 11 is 11.8. The van der Waals surface area contributed by atoms with Crippen LogP contribution in [0.4, 0.5) is 16.2 Å². The molecule has 1 aliphatic heterocycles. The highest BCUT2D eigenvalue weighted by atomic mass is 35.5. The van der Waals surface area contributed by atoms with E-state index in [9.17, 15) is 9.59 Å². The first-order valence-corrected chi connectivity index (χ1v) is 6.97. The standard InChI is InChI=1S/C15H10Cl2N2O2/c16-10-3-1-5-12(7-10)18-9-14(20)19(15(18)21)13-6-2-4-11(17)8-13/h1-8H,9H2. The van der Waals surface area contributed by atoms with Gasteiger partial charge in [-0.2, -0.15) is 0 Å². The first kappa shape index (κ1) is 13.9. The Morgan fingerprint density at radius 3 is 2.05 bits per heavy atom. The van der Waals surface area contributed by atoms with E-state index in [1.165, 1.54) is 4.90 Å². The molecule has 0 unspecified atom stereocenters. The normalized spacial score (nSPS) is 15.0. The van der Waals surface area contributed by atoms with Crippen molar-refractivity contribution in [2.24, 2.45) is 0 Å². The maximum Gasteiger partial charge on any atom is 0.336 e.